The number of ether oxygens (including phenoxy) is 1. The number of rotatable bonds is 4. The number of carbonyl (C=O) groups excluding carboxylic acids is 2. The second-order valence-corrected chi connectivity index (χ2v) is 6.09. The summed E-state index contributed by atoms with van der Waals surface area (Å²) in [7, 11) is 0. The summed E-state index contributed by atoms with van der Waals surface area (Å²) < 4.78 is 18.3. The monoisotopic (exact) mass is 371 g/mol. The van der Waals surface area contributed by atoms with Crippen LogP contribution in [0.25, 0.3) is 10.8 Å². The first-order valence-electron chi connectivity index (χ1n) is 7.90. The van der Waals surface area contributed by atoms with Crippen LogP contribution in [0.2, 0.25) is 5.02 Å². The van der Waals surface area contributed by atoms with Gasteiger partial charge in [0.1, 0.15) is 5.82 Å². The first-order valence-corrected chi connectivity index (χ1v) is 8.28. The number of benzene rings is 3. The Labute approximate surface area is 154 Å². The van der Waals surface area contributed by atoms with E-state index in [0.717, 1.165) is 16.8 Å². The van der Waals surface area contributed by atoms with Crippen LogP contribution in [0, 0.1) is 5.82 Å². The molecule has 1 amide bonds. The molecular formula is C20H15ClFNO3. The highest BCUT2D eigenvalue weighted by Crippen LogP contribution is 2.23. The van der Waals surface area contributed by atoms with Gasteiger partial charge in [-0.1, -0.05) is 48.0 Å². The second kappa shape index (κ2) is 7.54. The van der Waals surface area contributed by atoms with E-state index >= 15 is 0 Å². The Morgan fingerprint density at radius 1 is 1.08 bits per heavy atom. The zero-order valence-corrected chi connectivity index (χ0v) is 14.6. The van der Waals surface area contributed by atoms with Gasteiger partial charge in [-0.25, -0.2) is 9.18 Å². The second-order valence-electron chi connectivity index (χ2n) is 5.69. The molecule has 132 valence electrons. The molecule has 0 saturated heterocycles. The summed E-state index contributed by atoms with van der Waals surface area (Å²) in [5, 5.41) is 4.22. The zero-order chi connectivity index (χ0) is 18.7. The number of fused-ring (bicyclic) bond motifs is 1. The molecule has 0 aliphatic rings. The fraction of sp³-hybridized carbons (Fsp3) is 0.100. The summed E-state index contributed by atoms with van der Waals surface area (Å²) >= 11 is 5.88. The van der Waals surface area contributed by atoms with E-state index in [0.29, 0.717) is 5.56 Å². The minimum atomic E-state index is -1.05. The average Bonchev–Trinajstić information content (AvgIpc) is 2.63. The van der Waals surface area contributed by atoms with Gasteiger partial charge in [0.15, 0.2) is 6.10 Å². The van der Waals surface area contributed by atoms with Crippen LogP contribution in [0.5, 0.6) is 0 Å². The molecule has 3 rings (SSSR count). The van der Waals surface area contributed by atoms with E-state index < -0.39 is 23.8 Å². The Morgan fingerprint density at radius 2 is 1.81 bits per heavy atom. The Hall–Kier alpha value is -2.92. The Kier molecular flexibility index (Phi) is 5.19. The number of amides is 1. The lowest BCUT2D eigenvalue weighted by Crippen LogP contribution is -2.30. The van der Waals surface area contributed by atoms with Gasteiger partial charge in [0.2, 0.25) is 0 Å². The lowest BCUT2D eigenvalue weighted by atomic mass is 10.0. The topological polar surface area (TPSA) is 55.4 Å². The van der Waals surface area contributed by atoms with E-state index in [-0.39, 0.29) is 10.7 Å². The average molecular weight is 372 g/mol. The third kappa shape index (κ3) is 3.83. The molecular weight excluding hydrogens is 357 g/mol. The molecule has 0 radical (unpaired) electrons. The molecule has 1 atom stereocenters. The van der Waals surface area contributed by atoms with Gasteiger partial charge in [-0.3, -0.25) is 4.79 Å². The van der Waals surface area contributed by atoms with Crippen LogP contribution in [0.1, 0.15) is 17.3 Å². The maximum atomic E-state index is 13.1. The molecule has 3 aromatic carbocycles. The molecule has 4 nitrogen and oxygen atoms in total. The van der Waals surface area contributed by atoms with E-state index in [2.05, 4.69) is 5.32 Å². The van der Waals surface area contributed by atoms with Crippen LogP contribution in [0.4, 0.5) is 10.1 Å². The number of carbonyl (C=O) groups is 2. The number of anilines is 1. The molecule has 26 heavy (non-hydrogen) atoms. The third-order valence-corrected chi connectivity index (χ3v) is 4.16. The van der Waals surface area contributed by atoms with Crippen LogP contribution >= 0.6 is 11.6 Å². The zero-order valence-electron chi connectivity index (χ0n) is 13.8. The largest absolute Gasteiger partial charge is 0.449 e. The van der Waals surface area contributed by atoms with Gasteiger partial charge in [0.25, 0.3) is 5.91 Å². The van der Waals surface area contributed by atoms with Crippen LogP contribution < -0.4 is 5.32 Å². The lowest BCUT2D eigenvalue weighted by molar-refractivity contribution is -0.123. The molecule has 0 heterocycles. The quantitative estimate of drug-likeness (QED) is 0.669. The van der Waals surface area contributed by atoms with Crippen molar-refractivity contribution in [1.82, 2.24) is 0 Å². The summed E-state index contributed by atoms with van der Waals surface area (Å²) in [6.07, 6.45) is -1.05. The molecule has 0 spiro atoms. The van der Waals surface area contributed by atoms with Crippen molar-refractivity contribution in [2.75, 3.05) is 5.32 Å². The summed E-state index contributed by atoms with van der Waals surface area (Å²) in [5.74, 6) is -1.68. The highest BCUT2D eigenvalue weighted by atomic mass is 35.5. The summed E-state index contributed by atoms with van der Waals surface area (Å²) in [4.78, 5) is 24.7. The summed E-state index contributed by atoms with van der Waals surface area (Å²) in [6, 6.07) is 16.3. The first-order chi connectivity index (χ1) is 12.5. The van der Waals surface area contributed by atoms with Crippen molar-refractivity contribution < 1.29 is 18.7 Å². The smallest absolute Gasteiger partial charge is 0.339 e. The fourth-order valence-electron chi connectivity index (χ4n) is 2.51. The predicted molar refractivity (Wildman–Crippen MR) is 98.9 cm³/mol. The summed E-state index contributed by atoms with van der Waals surface area (Å²) in [6.45, 7) is 1.45. The van der Waals surface area contributed by atoms with Crippen molar-refractivity contribution in [2.45, 2.75) is 13.0 Å². The van der Waals surface area contributed by atoms with Crippen molar-refractivity contribution in [3.05, 3.63) is 77.1 Å². The molecule has 0 bridgehead atoms. The van der Waals surface area contributed by atoms with E-state index in [1.54, 1.807) is 12.1 Å². The molecule has 0 unspecified atom stereocenters. The molecule has 0 aliphatic carbocycles. The van der Waals surface area contributed by atoms with Gasteiger partial charge in [0.05, 0.1) is 16.3 Å². The molecule has 1 N–H and O–H groups in total. The SMILES string of the molecule is C[C@H](OC(=O)c1cccc2ccccc12)C(=O)Nc1ccc(F)cc1Cl. The minimum Gasteiger partial charge on any atom is -0.449 e. The minimum absolute atomic E-state index is 0.0610. The lowest BCUT2D eigenvalue weighted by Gasteiger charge is -2.15. The molecule has 0 aliphatic heterocycles. The van der Waals surface area contributed by atoms with Gasteiger partial charge in [-0.15, -0.1) is 0 Å². The molecule has 6 heteroatoms. The number of esters is 1. The standard InChI is InChI=1S/C20H15ClFNO3/c1-12(19(24)23-18-10-9-14(22)11-17(18)21)26-20(25)16-8-4-6-13-5-2-3-7-15(13)16/h2-12H,1H3,(H,23,24)/t12-/m0/s1. The van der Waals surface area contributed by atoms with Crippen LogP contribution in [0.15, 0.2) is 60.7 Å². The Morgan fingerprint density at radius 3 is 2.58 bits per heavy atom. The van der Waals surface area contributed by atoms with Gasteiger partial charge >= 0.3 is 5.97 Å². The fourth-order valence-corrected chi connectivity index (χ4v) is 2.72. The maximum Gasteiger partial charge on any atom is 0.339 e. The van der Waals surface area contributed by atoms with Crippen LogP contribution in [-0.4, -0.2) is 18.0 Å². The number of hydrogen-bond donors (Lipinski definition) is 1. The number of hydrogen-bond acceptors (Lipinski definition) is 3. The van der Waals surface area contributed by atoms with E-state index in [9.17, 15) is 14.0 Å². The number of halogens is 2. The van der Waals surface area contributed by atoms with Crippen LogP contribution in [-0.2, 0) is 9.53 Å². The Bertz CT molecular complexity index is 984. The van der Waals surface area contributed by atoms with Crippen molar-refractivity contribution in [3.8, 4) is 0 Å². The highest BCUT2D eigenvalue weighted by molar-refractivity contribution is 6.33. The van der Waals surface area contributed by atoms with Crippen molar-refractivity contribution in [2.24, 2.45) is 0 Å². The number of nitrogens with one attached hydrogen (secondary N) is 1. The first kappa shape index (κ1) is 17.9. The van der Waals surface area contributed by atoms with Gasteiger partial charge in [-0.2, -0.15) is 0 Å². The van der Waals surface area contributed by atoms with E-state index in [1.807, 2.05) is 30.3 Å². The molecule has 3 aromatic rings. The molecule has 0 fully saturated rings. The van der Waals surface area contributed by atoms with Crippen molar-refractivity contribution >= 4 is 39.9 Å². The maximum absolute atomic E-state index is 13.1. The van der Waals surface area contributed by atoms with Crippen LogP contribution in [0.3, 0.4) is 0 Å². The van der Waals surface area contributed by atoms with Gasteiger partial charge < -0.3 is 10.1 Å². The Balaban J connectivity index is 1.73. The van der Waals surface area contributed by atoms with E-state index in [4.69, 9.17) is 16.3 Å². The summed E-state index contributed by atoms with van der Waals surface area (Å²) in [5.41, 5.74) is 0.619. The van der Waals surface area contributed by atoms with Crippen molar-refractivity contribution in [3.63, 3.8) is 0 Å². The molecule has 0 saturated carbocycles. The predicted octanol–water partition coefficient (Wildman–Crippen LogP) is 4.82. The third-order valence-electron chi connectivity index (χ3n) is 3.85. The normalized spacial score (nSPS) is 11.8. The van der Waals surface area contributed by atoms with Gasteiger partial charge in [0, 0.05) is 0 Å². The highest BCUT2D eigenvalue weighted by Gasteiger charge is 2.21. The molecule has 0 aromatic heterocycles. The van der Waals surface area contributed by atoms with Gasteiger partial charge in [-0.05, 0) is 42.0 Å². The van der Waals surface area contributed by atoms with Crippen molar-refractivity contribution in [1.29, 1.82) is 0 Å². The van der Waals surface area contributed by atoms with E-state index in [1.165, 1.54) is 19.1 Å².